The van der Waals surface area contributed by atoms with Gasteiger partial charge in [0, 0.05) is 49.7 Å². The van der Waals surface area contributed by atoms with Crippen LogP contribution in [0.1, 0.15) is 42.4 Å². The Morgan fingerprint density at radius 3 is 2.11 bits per heavy atom. The molecule has 2 aromatic carbocycles. The van der Waals surface area contributed by atoms with Gasteiger partial charge in [-0.1, -0.05) is 0 Å². The smallest absolute Gasteiger partial charge is 0.423 e. The average molecular weight is 625 g/mol. The van der Waals surface area contributed by atoms with Gasteiger partial charge in [0.2, 0.25) is 5.88 Å². The summed E-state index contributed by atoms with van der Waals surface area (Å²) >= 11 is 0. The van der Waals surface area contributed by atoms with Crippen LogP contribution in [0.25, 0.3) is 0 Å². The van der Waals surface area contributed by atoms with E-state index in [1.807, 2.05) is 11.8 Å². The molecule has 0 amide bonds. The first-order valence-corrected chi connectivity index (χ1v) is 14.1. The van der Waals surface area contributed by atoms with Crippen molar-refractivity contribution in [2.24, 2.45) is 0 Å². The fourth-order valence-corrected chi connectivity index (χ4v) is 5.63. The van der Waals surface area contributed by atoms with E-state index in [4.69, 9.17) is 4.74 Å². The summed E-state index contributed by atoms with van der Waals surface area (Å²) < 4.78 is 84.9. The second-order valence-corrected chi connectivity index (χ2v) is 10.9. The van der Waals surface area contributed by atoms with Crippen LogP contribution in [0.5, 0.6) is 5.88 Å². The molecule has 0 unspecified atom stereocenters. The van der Waals surface area contributed by atoms with Gasteiger partial charge in [-0.05, 0) is 69.0 Å². The van der Waals surface area contributed by atoms with Crippen LogP contribution in [0.15, 0.2) is 48.8 Å². The summed E-state index contributed by atoms with van der Waals surface area (Å²) in [5.41, 5.74) is -1.30. The van der Waals surface area contributed by atoms with E-state index in [2.05, 4.69) is 20.2 Å². The maximum atomic E-state index is 13.3. The molecule has 1 aliphatic carbocycles. The van der Waals surface area contributed by atoms with Gasteiger partial charge < -0.3 is 19.9 Å². The van der Waals surface area contributed by atoms with E-state index in [1.54, 1.807) is 0 Å². The Labute approximate surface area is 249 Å². The molecule has 1 saturated heterocycles. The van der Waals surface area contributed by atoms with Gasteiger partial charge in [0.25, 0.3) is 5.69 Å². The molecular weight excluding hydrogens is 594 g/mol. The highest BCUT2D eigenvalue weighted by Gasteiger charge is 2.38. The molecule has 2 heterocycles. The van der Waals surface area contributed by atoms with Crippen molar-refractivity contribution in [2.45, 2.75) is 57.1 Å². The number of nitro benzene ring substituents is 1. The van der Waals surface area contributed by atoms with Crippen LogP contribution in [0.4, 0.5) is 49.2 Å². The molecule has 0 radical (unpaired) electrons. The standard InChI is InChI=1S/C29H30F6N6O3/c1-18-26(40-14-12-39(13-15-40)22-7-2-19(3-8-22)28(30,31)32)36-17-37-27(18)44-23-9-4-20(5-10-23)38-21-6-11-25(41(42)43)24(16-21)29(33,34)35/h2-3,6-8,11,16-17,20,23,38H,4-5,9-10,12-15H2,1H3. The topological polar surface area (TPSA) is 96.7 Å². The largest absolute Gasteiger partial charge is 0.474 e. The third-order valence-electron chi connectivity index (χ3n) is 7.97. The first-order chi connectivity index (χ1) is 20.8. The molecule has 44 heavy (non-hydrogen) atoms. The number of piperazine rings is 1. The Hall–Kier alpha value is -4.30. The number of anilines is 3. The van der Waals surface area contributed by atoms with Crippen LogP contribution in [0.2, 0.25) is 0 Å². The zero-order chi connectivity index (χ0) is 31.6. The highest BCUT2D eigenvalue weighted by Crippen LogP contribution is 2.38. The lowest BCUT2D eigenvalue weighted by atomic mass is 9.92. The van der Waals surface area contributed by atoms with Crippen molar-refractivity contribution in [1.82, 2.24) is 9.97 Å². The van der Waals surface area contributed by atoms with Gasteiger partial charge in [0.1, 0.15) is 23.8 Å². The van der Waals surface area contributed by atoms with E-state index in [1.165, 1.54) is 24.5 Å². The summed E-state index contributed by atoms with van der Waals surface area (Å²) in [6, 6.07) is 7.93. The van der Waals surface area contributed by atoms with Crippen molar-refractivity contribution in [2.75, 3.05) is 41.3 Å². The Bertz CT molecular complexity index is 1470. The van der Waals surface area contributed by atoms with E-state index in [0.29, 0.717) is 57.7 Å². The summed E-state index contributed by atoms with van der Waals surface area (Å²) in [5.74, 6) is 1.16. The number of benzene rings is 2. The molecule has 2 fully saturated rings. The molecule has 2 aliphatic rings. The minimum atomic E-state index is -4.85. The van der Waals surface area contributed by atoms with Gasteiger partial charge >= 0.3 is 12.4 Å². The van der Waals surface area contributed by atoms with Gasteiger partial charge in [-0.2, -0.15) is 26.3 Å². The number of rotatable bonds is 7. The third-order valence-corrected chi connectivity index (χ3v) is 7.97. The lowest BCUT2D eigenvalue weighted by molar-refractivity contribution is -0.388. The molecule has 0 spiro atoms. The fourth-order valence-electron chi connectivity index (χ4n) is 5.63. The van der Waals surface area contributed by atoms with Gasteiger partial charge in [-0.15, -0.1) is 0 Å². The number of nitro groups is 1. The molecule has 3 aromatic rings. The van der Waals surface area contributed by atoms with Crippen molar-refractivity contribution in [1.29, 1.82) is 0 Å². The maximum Gasteiger partial charge on any atom is 0.423 e. The molecule has 0 bridgehead atoms. The summed E-state index contributed by atoms with van der Waals surface area (Å²) in [4.78, 5) is 22.9. The number of aromatic nitrogens is 2. The Balaban J connectivity index is 1.15. The quantitative estimate of drug-likeness (QED) is 0.173. The minimum absolute atomic E-state index is 0.125. The summed E-state index contributed by atoms with van der Waals surface area (Å²) in [6.07, 6.45) is -5.47. The SMILES string of the molecule is Cc1c(OC2CCC(Nc3ccc([N+](=O)[O-])c(C(F)(F)F)c3)CC2)ncnc1N1CCN(c2ccc(C(F)(F)F)cc2)CC1. The lowest BCUT2D eigenvalue weighted by Crippen LogP contribution is -2.47. The number of halogens is 6. The van der Waals surface area contributed by atoms with Gasteiger partial charge in [0.15, 0.2) is 0 Å². The summed E-state index contributed by atoms with van der Waals surface area (Å²) in [6.45, 7) is 4.27. The van der Waals surface area contributed by atoms with Crippen molar-refractivity contribution in [3.63, 3.8) is 0 Å². The molecule has 1 aromatic heterocycles. The number of hydrogen-bond donors (Lipinski definition) is 1. The number of nitrogens with one attached hydrogen (secondary N) is 1. The molecule has 1 N–H and O–H groups in total. The number of ether oxygens (including phenoxy) is 1. The fraction of sp³-hybridized carbons (Fsp3) is 0.448. The van der Waals surface area contributed by atoms with Crippen LogP contribution in [-0.4, -0.2) is 53.2 Å². The zero-order valence-corrected chi connectivity index (χ0v) is 23.7. The van der Waals surface area contributed by atoms with Gasteiger partial charge in [0.05, 0.1) is 16.1 Å². The van der Waals surface area contributed by atoms with E-state index in [-0.39, 0.29) is 17.8 Å². The van der Waals surface area contributed by atoms with E-state index in [9.17, 15) is 36.5 Å². The van der Waals surface area contributed by atoms with Gasteiger partial charge in [-0.3, -0.25) is 10.1 Å². The van der Waals surface area contributed by atoms with Gasteiger partial charge in [-0.25, -0.2) is 9.97 Å². The van der Waals surface area contributed by atoms with Crippen LogP contribution in [-0.2, 0) is 12.4 Å². The van der Waals surface area contributed by atoms with E-state index in [0.717, 1.165) is 41.3 Å². The highest BCUT2D eigenvalue weighted by molar-refractivity contribution is 5.56. The normalized spacial score (nSPS) is 19.5. The molecule has 236 valence electrons. The summed E-state index contributed by atoms with van der Waals surface area (Å²) in [5, 5.41) is 14.1. The second-order valence-electron chi connectivity index (χ2n) is 10.9. The average Bonchev–Trinajstić information content (AvgIpc) is 2.98. The summed E-state index contributed by atoms with van der Waals surface area (Å²) in [7, 11) is 0. The van der Waals surface area contributed by atoms with E-state index < -0.39 is 34.1 Å². The second kappa shape index (κ2) is 12.4. The Kier molecular flexibility index (Phi) is 8.75. The van der Waals surface area contributed by atoms with Crippen molar-refractivity contribution in [3.05, 3.63) is 75.6 Å². The molecular formula is C29H30F6N6O3. The molecule has 0 atom stereocenters. The lowest BCUT2D eigenvalue weighted by Gasteiger charge is -2.37. The van der Waals surface area contributed by atoms with E-state index >= 15 is 0 Å². The Morgan fingerprint density at radius 2 is 1.52 bits per heavy atom. The zero-order valence-electron chi connectivity index (χ0n) is 23.7. The molecule has 9 nitrogen and oxygen atoms in total. The monoisotopic (exact) mass is 624 g/mol. The number of nitrogens with zero attached hydrogens (tertiary/aromatic N) is 5. The minimum Gasteiger partial charge on any atom is -0.474 e. The number of hydrogen-bond acceptors (Lipinski definition) is 8. The molecule has 5 rings (SSSR count). The van der Waals surface area contributed by atoms with Crippen molar-refractivity contribution >= 4 is 22.9 Å². The predicted molar refractivity (Wildman–Crippen MR) is 151 cm³/mol. The third kappa shape index (κ3) is 7.08. The predicted octanol–water partition coefficient (Wildman–Crippen LogP) is 6.86. The molecule has 1 aliphatic heterocycles. The van der Waals surface area contributed by atoms with Crippen molar-refractivity contribution in [3.8, 4) is 5.88 Å². The first kappa shape index (κ1) is 31.1. The van der Waals surface area contributed by atoms with Crippen LogP contribution >= 0.6 is 0 Å². The first-order valence-electron chi connectivity index (χ1n) is 14.1. The number of alkyl halides is 6. The molecule has 1 saturated carbocycles. The van der Waals surface area contributed by atoms with Crippen LogP contribution < -0.4 is 19.9 Å². The van der Waals surface area contributed by atoms with Crippen LogP contribution in [0.3, 0.4) is 0 Å². The van der Waals surface area contributed by atoms with Crippen LogP contribution in [0, 0.1) is 17.0 Å². The highest BCUT2D eigenvalue weighted by atomic mass is 19.4. The Morgan fingerprint density at radius 1 is 0.886 bits per heavy atom. The van der Waals surface area contributed by atoms with Crippen molar-refractivity contribution < 1.29 is 36.0 Å². The molecule has 15 heteroatoms. The maximum absolute atomic E-state index is 13.3.